The topological polar surface area (TPSA) is 61.9 Å². The Bertz CT molecular complexity index is 574. The lowest BCUT2D eigenvalue weighted by atomic mass is 10.1. The molecule has 0 bridgehead atoms. The summed E-state index contributed by atoms with van der Waals surface area (Å²) in [6.07, 6.45) is 4.58. The first-order valence-corrected chi connectivity index (χ1v) is 9.22. The zero-order chi connectivity index (χ0) is 17.5. The van der Waals surface area contributed by atoms with Crippen molar-refractivity contribution in [1.82, 2.24) is 9.80 Å². The highest BCUT2D eigenvalue weighted by atomic mass is 16.5. The summed E-state index contributed by atoms with van der Waals surface area (Å²) in [5.41, 5.74) is 1.42. The molecule has 1 aromatic rings. The second-order valence-electron chi connectivity index (χ2n) is 6.72. The molecule has 2 aliphatic rings. The molecule has 0 radical (unpaired) electrons. The quantitative estimate of drug-likeness (QED) is 0.906. The highest BCUT2D eigenvalue weighted by Crippen LogP contribution is 2.15. The number of carbonyl (C=O) groups is 2. The Kier molecular flexibility index (Phi) is 6.42. The number of ether oxygens (including phenoxy) is 1. The van der Waals surface area contributed by atoms with Gasteiger partial charge in [-0.15, -0.1) is 0 Å². The van der Waals surface area contributed by atoms with E-state index in [1.54, 1.807) is 12.1 Å². The molecule has 0 spiro atoms. The molecule has 3 rings (SSSR count). The zero-order valence-corrected chi connectivity index (χ0v) is 14.7. The van der Waals surface area contributed by atoms with Crippen molar-refractivity contribution in [3.8, 4) is 0 Å². The molecular weight excluding hydrogens is 318 g/mol. The van der Waals surface area contributed by atoms with Gasteiger partial charge in [-0.05, 0) is 37.1 Å². The molecule has 2 amide bonds. The van der Waals surface area contributed by atoms with Crippen molar-refractivity contribution in [1.29, 1.82) is 0 Å². The van der Waals surface area contributed by atoms with Crippen LogP contribution in [-0.2, 0) is 9.53 Å². The lowest BCUT2D eigenvalue weighted by Crippen LogP contribution is -2.41. The zero-order valence-electron chi connectivity index (χ0n) is 14.7. The molecule has 2 aliphatic heterocycles. The third kappa shape index (κ3) is 5.28. The van der Waals surface area contributed by atoms with Crippen LogP contribution in [0.1, 0.15) is 36.0 Å². The maximum atomic E-state index is 12.6. The summed E-state index contributed by atoms with van der Waals surface area (Å²) in [5.74, 6) is 0.0570. The van der Waals surface area contributed by atoms with Crippen LogP contribution in [-0.4, -0.2) is 67.6 Å². The molecule has 6 heteroatoms. The van der Waals surface area contributed by atoms with Gasteiger partial charge in [-0.25, -0.2) is 0 Å². The SMILES string of the molecule is O=C(CN1CCOCC1)Nc1ccc(C(=O)N2CCCCCC2)cc1. The Morgan fingerprint density at radius 1 is 0.920 bits per heavy atom. The fourth-order valence-electron chi connectivity index (χ4n) is 3.32. The second kappa shape index (κ2) is 8.97. The van der Waals surface area contributed by atoms with Gasteiger partial charge in [0, 0.05) is 37.4 Å². The molecule has 0 aromatic heterocycles. The van der Waals surface area contributed by atoms with Crippen molar-refractivity contribution >= 4 is 17.5 Å². The summed E-state index contributed by atoms with van der Waals surface area (Å²) in [6.45, 7) is 5.00. The van der Waals surface area contributed by atoms with Crippen molar-refractivity contribution in [2.24, 2.45) is 0 Å². The van der Waals surface area contributed by atoms with Crippen LogP contribution in [0, 0.1) is 0 Å². The molecule has 0 atom stereocenters. The Labute approximate surface area is 149 Å². The third-order valence-electron chi connectivity index (χ3n) is 4.78. The fourth-order valence-corrected chi connectivity index (χ4v) is 3.32. The van der Waals surface area contributed by atoms with Gasteiger partial charge in [0.05, 0.1) is 19.8 Å². The number of benzene rings is 1. The summed E-state index contributed by atoms with van der Waals surface area (Å²) < 4.78 is 5.28. The van der Waals surface area contributed by atoms with Crippen LogP contribution in [0.2, 0.25) is 0 Å². The Hall–Kier alpha value is -1.92. The molecule has 1 N–H and O–H groups in total. The van der Waals surface area contributed by atoms with Gasteiger partial charge in [-0.1, -0.05) is 12.8 Å². The van der Waals surface area contributed by atoms with Crippen molar-refractivity contribution in [2.45, 2.75) is 25.7 Å². The number of morpholine rings is 1. The highest BCUT2D eigenvalue weighted by Gasteiger charge is 2.18. The highest BCUT2D eigenvalue weighted by molar-refractivity contribution is 5.96. The van der Waals surface area contributed by atoms with Crippen molar-refractivity contribution < 1.29 is 14.3 Å². The lowest BCUT2D eigenvalue weighted by Gasteiger charge is -2.25. The molecule has 1 aromatic carbocycles. The Morgan fingerprint density at radius 2 is 1.56 bits per heavy atom. The Morgan fingerprint density at radius 3 is 2.20 bits per heavy atom. The van der Waals surface area contributed by atoms with Gasteiger partial charge in [-0.2, -0.15) is 0 Å². The van der Waals surface area contributed by atoms with Gasteiger partial charge in [0.2, 0.25) is 5.91 Å². The molecule has 2 saturated heterocycles. The molecule has 136 valence electrons. The van der Waals surface area contributed by atoms with E-state index >= 15 is 0 Å². The van der Waals surface area contributed by atoms with Crippen LogP contribution < -0.4 is 5.32 Å². The number of nitrogens with one attached hydrogen (secondary N) is 1. The normalized spacial score (nSPS) is 19.3. The van der Waals surface area contributed by atoms with Crippen molar-refractivity contribution in [3.63, 3.8) is 0 Å². The molecule has 0 unspecified atom stereocenters. The predicted octanol–water partition coefficient (Wildman–Crippen LogP) is 1.97. The summed E-state index contributed by atoms with van der Waals surface area (Å²) >= 11 is 0. The average molecular weight is 345 g/mol. The second-order valence-corrected chi connectivity index (χ2v) is 6.72. The van der Waals surface area contributed by atoms with E-state index in [1.807, 2.05) is 17.0 Å². The smallest absolute Gasteiger partial charge is 0.253 e. The molecule has 0 aliphatic carbocycles. The largest absolute Gasteiger partial charge is 0.379 e. The number of amides is 2. The van der Waals surface area contributed by atoms with Gasteiger partial charge < -0.3 is 15.0 Å². The minimum absolute atomic E-state index is 0.0338. The number of hydrogen-bond donors (Lipinski definition) is 1. The van der Waals surface area contributed by atoms with E-state index in [4.69, 9.17) is 4.74 Å². The molecule has 25 heavy (non-hydrogen) atoms. The predicted molar refractivity (Wildman–Crippen MR) is 96.7 cm³/mol. The van der Waals surface area contributed by atoms with Crippen LogP contribution in [0.3, 0.4) is 0 Å². The maximum Gasteiger partial charge on any atom is 0.253 e. The Balaban J connectivity index is 1.52. The average Bonchev–Trinajstić information content (AvgIpc) is 2.92. The third-order valence-corrected chi connectivity index (χ3v) is 4.78. The minimum atomic E-state index is -0.0338. The van der Waals surface area contributed by atoms with Gasteiger partial charge in [0.15, 0.2) is 0 Å². The molecule has 6 nitrogen and oxygen atoms in total. The number of nitrogens with zero attached hydrogens (tertiary/aromatic N) is 2. The number of anilines is 1. The maximum absolute atomic E-state index is 12.6. The number of carbonyl (C=O) groups excluding carboxylic acids is 2. The number of rotatable bonds is 4. The molecule has 0 saturated carbocycles. The van der Waals surface area contributed by atoms with E-state index in [2.05, 4.69) is 10.2 Å². The standard InChI is InChI=1S/C19H27N3O3/c23-18(15-21-11-13-25-14-12-21)20-17-7-5-16(6-8-17)19(24)22-9-3-1-2-4-10-22/h5-8H,1-4,9-15H2,(H,20,23). The van der Waals surface area contributed by atoms with E-state index < -0.39 is 0 Å². The molecule has 2 heterocycles. The van der Waals surface area contributed by atoms with Crippen LogP contribution >= 0.6 is 0 Å². The summed E-state index contributed by atoms with van der Waals surface area (Å²) in [6, 6.07) is 7.22. The van der Waals surface area contributed by atoms with Gasteiger partial charge in [0.25, 0.3) is 5.91 Å². The van der Waals surface area contributed by atoms with Crippen molar-refractivity contribution in [2.75, 3.05) is 51.3 Å². The molecular formula is C19H27N3O3. The number of hydrogen-bond acceptors (Lipinski definition) is 4. The van der Waals surface area contributed by atoms with Gasteiger partial charge in [0.1, 0.15) is 0 Å². The fraction of sp³-hybridized carbons (Fsp3) is 0.579. The molecule has 2 fully saturated rings. The summed E-state index contributed by atoms with van der Waals surface area (Å²) in [7, 11) is 0. The number of likely N-dealkylation sites (tertiary alicyclic amines) is 1. The van der Waals surface area contributed by atoms with E-state index in [0.717, 1.165) is 44.7 Å². The van der Waals surface area contributed by atoms with E-state index in [1.165, 1.54) is 12.8 Å². The van der Waals surface area contributed by atoms with Crippen LogP contribution in [0.25, 0.3) is 0 Å². The van der Waals surface area contributed by atoms with E-state index in [9.17, 15) is 9.59 Å². The summed E-state index contributed by atoms with van der Waals surface area (Å²) in [5, 5.41) is 2.90. The van der Waals surface area contributed by atoms with Crippen molar-refractivity contribution in [3.05, 3.63) is 29.8 Å². The monoisotopic (exact) mass is 345 g/mol. The van der Waals surface area contributed by atoms with Crippen LogP contribution in [0.15, 0.2) is 24.3 Å². The lowest BCUT2D eigenvalue weighted by molar-refractivity contribution is -0.118. The van der Waals surface area contributed by atoms with E-state index in [0.29, 0.717) is 25.3 Å². The van der Waals surface area contributed by atoms with Crippen LogP contribution in [0.5, 0.6) is 0 Å². The van der Waals surface area contributed by atoms with Gasteiger partial charge >= 0.3 is 0 Å². The minimum Gasteiger partial charge on any atom is -0.379 e. The first kappa shape index (κ1) is 17.9. The van der Waals surface area contributed by atoms with Crippen LogP contribution in [0.4, 0.5) is 5.69 Å². The van der Waals surface area contributed by atoms with Gasteiger partial charge in [-0.3, -0.25) is 14.5 Å². The van der Waals surface area contributed by atoms with E-state index in [-0.39, 0.29) is 11.8 Å². The summed E-state index contributed by atoms with van der Waals surface area (Å²) in [4.78, 5) is 28.7. The first-order valence-electron chi connectivity index (χ1n) is 9.22. The first-order chi connectivity index (χ1) is 12.2.